The molecule has 17 nitrogen and oxygen atoms in total. The van der Waals surface area contributed by atoms with Gasteiger partial charge in [0, 0.05) is 75.7 Å². The molecule has 3 aromatic heterocycles. The monoisotopic (exact) mass is 975 g/mol. The second-order valence-electron chi connectivity index (χ2n) is 18.1. The largest absolute Gasteiger partial charge is 0.391 e. The number of ketones is 1. The Kier molecular flexibility index (Phi) is 14.9. The summed E-state index contributed by atoms with van der Waals surface area (Å²) in [6, 6.07) is 9.12. The number of thiazole rings is 1. The molecule has 0 radical (unpaired) electrons. The van der Waals surface area contributed by atoms with Gasteiger partial charge in [0.25, 0.3) is 0 Å². The molecule has 0 aliphatic carbocycles. The number of sulfonamides is 1. The number of aromatic nitrogens is 3. The molecule has 5 N–H and O–H groups in total. The number of piperazine rings is 1. The Bertz CT molecular complexity index is 2820. The number of halogens is 2. The van der Waals surface area contributed by atoms with Gasteiger partial charge in [-0.05, 0) is 48.1 Å². The average Bonchev–Trinajstić information content (AvgIpc) is 4.05. The fourth-order valence-electron chi connectivity index (χ4n) is 8.42. The molecule has 5 aromatic rings. The summed E-state index contributed by atoms with van der Waals surface area (Å²) in [7, 11) is -3.94. The Labute approximate surface area is 396 Å². The number of hydrogen-bond acceptors (Lipinski definition) is 12. The second kappa shape index (κ2) is 20.5. The van der Waals surface area contributed by atoms with Gasteiger partial charge in [-0.3, -0.25) is 28.7 Å². The fourth-order valence-corrected chi connectivity index (χ4v) is 10.4. The van der Waals surface area contributed by atoms with E-state index < -0.39 is 80.0 Å². The van der Waals surface area contributed by atoms with Crippen molar-refractivity contribution < 1.29 is 46.3 Å². The second-order valence-corrected chi connectivity index (χ2v) is 20.8. The maximum absolute atomic E-state index is 15.6. The lowest BCUT2D eigenvalue weighted by Crippen LogP contribution is -2.57. The van der Waals surface area contributed by atoms with Crippen molar-refractivity contribution in [1.82, 2.24) is 35.4 Å². The van der Waals surface area contributed by atoms with Crippen molar-refractivity contribution in [3.63, 3.8) is 0 Å². The highest BCUT2D eigenvalue weighted by molar-refractivity contribution is 7.92. The Morgan fingerprint density at radius 2 is 1.72 bits per heavy atom. The standard InChI is InChI=1S/C47H55F2N9O8S2/c1-6-19-68(65,66)55-35-12-11-34(48)39(40(35)49)41(62)33-24-51-44-32(33)20-30(23-50-44)56-15-17-57(18-16-56)38(61)14-13-37(60)54-43(47(3,4)5)46(64)58-25-31(59)21-36(58)45(63)52-22-28-7-9-29(10-8-28)42-27(2)53-26-67-42/h7-12,20,23-24,26,31,36,43,55,59H,6,13-19,21-22,25H2,1-5H3,(H,50,51)(H,52,63)(H,54,60)/t31-,36+,43-/m1/s1. The van der Waals surface area contributed by atoms with Crippen molar-refractivity contribution in [2.45, 2.75) is 85.0 Å². The molecule has 4 amide bonds. The van der Waals surface area contributed by atoms with Crippen molar-refractivity contribution in [2.75, 3.05) is 48.1 Å². The van der Waals surface area contributed by atoms with E-state index in [0.29, 0.717) is 18.8 Å². The van der Waals surface area contributed by atoms with E-state index in [4.69, 9.17) is 0 Å². The molecule has 5 heterocycles. The molecule has 2 saturated heterocycles. The number of anilines is 2. The van der Waals surface area contributed by atoms with Gasteiger partial charge in [-0.25, -0.2) is 27.2 Å². The van der Waals surface area contributed by atoms with E-state index >= 15 is 8.78 Å². The predicted molar refractivity (Wildman–Crippen MR) is 253 cm³/mol. The van der Waals surface area contributed by atoms with Gasteiger partial charge in [0.2, 0.25) is 39.4 Å². The fraction of sp³-hybridized carbons (Fsp3) is 0.426. The van der Waals surface area contributed by atoms with Gasteiger partial charge in [-0.15, -0.1) is 11.3 Å². The van der Waals surface area contributed by atoms with Gasteiger partial charge in [-0.1, -0.05) is 52.0 Å². The number of nitrogens with one attached hydrogen (secondary N) is 4. The molecule has 2 aliphatic rings. The van der Waals surface area contributed by atoms with E-state index in [2.05, 4.69) is 30.3 Å². The van der Waals surface area contributed by atoms with Crippen molar-refractivity contribution in [3.05, 3.63) is 94.4 Å². The third kappa shape index (κ3) is 11.2. The number of hydrogen-bond donors (Lipinski definition) is 5. The Balaban J connectivity index is 0.923. The summed E-state index contributed by atoms with van der Waals surface area (Å²) in [6.07, 6.45) is 1.87. The van der Waals surface area contributed by atoms with Crippen molar-refractivity contribution in [3.8, 4) is 10.4 Å². The van der Waals surface area contributed by atoms with Gasteiger partial charge in [0.15, 0.2) is 5.82 Å². The van der Waals surface area contributed by atoms with Crippen LogP contribution in [0.1, 0.15) is 80.6 Å². The molecule has 2 fully saturated rings. The highest BCUT2D eigenvalue weighted by Gasteiger charge is 2.44. The highest BCUT2D eigenvalue weighted by atomic mass is 32.2. The molecule has 68 heavy (non-hydrogen) atoms. The Morgan fingerprint density at radius 3 is 2.38 bits per heavy atom. The zero-order valence-electron chi connectivity index (χ0n) is 38.4. The van der Waals surface area contributed by atoms with Gasteiger partial charge in [-0.2, -0.15) is 0 Å². The van der Waals surface area contributed by atoms with Crippen LogP contribution in [0.3, 0.4) is 0 Å². The summed E-state index contributed by atoms with van der Waals surface area (Å²) >= 11 is 1.55. The molecule has 2 aliphatic heterocycles. The maximum atomic E-state index is 15.6. The number of aliphatic hydroxyl groups excluding tert-OH is 1. The first-order chi connectivity index (χ1) is 32.2. The van der Waals surface area contributed by atoms with Crippen molar-refractivity contribution >= 4 is 73.2 Å². The van der Waals surface area contributed by atoms with Crippen molar-refractivity contribution in [2.24, 2.45) is 5.41 Å². The maximum Gasteiger partial charge on any atom is 0.246 e. The zero-order chi connectivity index (χ0) is 49.1. The molecule has 0 unspecified atom stereocenters. The molecule has 362 valence electrons. The van der Waals surface area contributed by atoms with Crippen LogP contribution in [0, 0.1) is 24.0 Å². The number of amides is 4. The van der Waals surface area contributed by atoms with Crippen LogP contribution in [-0.2, 0) is 35.7 Å². The minimum absolute atomic E-state index is 0.0395. The number of benzene rings is 2. The lowest BCUT2D eigenvalue weighted by atomic mass is 9.85. The number of likely N-dealkylation sites (tertiary alicyclic amines) is 1. The number of β-amino-alcohol motifs (C(OH)–C–C–N with tert-alkyl or cyclic N) is 1. The van der Waals surface area contributed by atoms with Crippen LogP contribution < -0.4 is 20.3 Å². The van der Waals surface area contributed by atoms with Crippen LogP contribution in [0.25, 0.3) is 21.5 Å². The number of aliphatic hydroxyl groups is 1. The van der Waals surface area contributed by atoms with Crippen molar-refractivity contribution in [1.29, 1.82) is 0 Å². The topological polar surface area (TPSA) is 227 Å². The first-order valence-corrected chi connectivity index (χ1v) is 24.9. The molecule has 0 bridgehead atoms. The number of H-pyrrole nitrogens is 1. The number of aromatic amines is 1. The molecule has 0 saturated carbocycles. The predicted octanol–water partition coefficient (Wildman–Crippen LogP) is 4.89. The minimum Gasteiger partial charge on any atom is -0.391 e. The summed E-state index contributed by atoms with van der Waals surface area (Å²) in [5, 5.41) is 16.6. The lowest BCUT2D eigenvalue weighted by Gasteiger charge is -2.36. The summed E-state index contributed by atoms with van der Waals surface area (Å²) in [5.74, 6) is -5.56. The first kappa shape index (κ1) is 49.6. The highest BCUT2D eigenvalue weighted by Crippen LogP contribution is 2.31. The van der Waals surface area contributed by atoms with E-state index in [0.717, 1.165) is 33.8 Å². The van der Waals surface area contributed by atoms with Crippen LogP contribution in [0.15, 0.2) is 60.4 Å². The number of pyridine rings is 1. The number of nitrogens with zero attached hydrogens (tertiary/aromatic N) is 5. The Hall–Kier alpha value is -6.32. The van der Waals surface area contributed by atoms with Gasteiger partial charge in [0.1, 0.15) is 23.5 Å². The first-order valence-electron chi connectivity index (χ1n) is 22.3. The van der Waals surface area contributed by atoms with Crippen LogP contribution in [0.5, 0.6) is 0 Å². The number of fused-ring (bicyclic) bond motifs is 1. The van der Waals surface area contributed by atoms with E-state index in [-0.39, 0.29) is 80.1 Å². The lowest BCUT2D eigenvalue weighted by molar-refractivity contribution is -0.144. The van der Waals surface area contributed by atoms with E-state index in [9.17, 15) is 37.5 Å². The summed E-state index contributed by atoms with van der Waals surface area (Å²) in [4.78, 5) is 85.5. The molecular formula is C47H55F2N9O8S2. The van der Waals surface area contributed by atoms with E-state index in [1.165, 1.54) is 11.1 Å². The van der Waals surface area contributed by atoms with E-state index in [1.807, 2.05) is 36.1 Å². The molecule has 7 rings (SSSR count). The molecule has 21 heteroatoms. The number of rotatable bonds is 16. The molecule has 0 spiro atoms. The summed E-state index contributed by atoms with van der Waals surface area (Å²) in [5.41, 5.74) is 3.11. The van der Waals surface area contributed by atoms with Gasteiger partial charge in [0.05, 0.1) is 51.1 Å². The quantitative estimate of drug-likeness (QED) is 0.0837. The third-order valence-electron chi connectivity index (χ3n) is 12.1. The number of carbonyl (C=O) groups excluding carboxylic acids is 5. The van der Waals surface area contributed by atoms with E-state index in [1.54, 1.807) is 61.7 Å². The van der Waals surface area contributed by atoms with Crippen LogP contribution >= 0.6 is 11.3 Å². The van der Waals surface area contributed by atoms with Crippen LogP contribution in [0.4, 0.5) is 20.2 Å². The molecule has 2 aromatic carbocycles. The number of aryl methyl sites for hydroxylation is 1. The third-order valence-corrected chi connectivity index (χ3v) is 14.5. The van der Waals surface area contributed by atoms with Gasteiger partial charge < -0.3 is 35.4 Å². The van der Waals surface area contributed by atoms with Crippen LogP contribution in [-0.4, -0.2) is 124 Å². The number of carbonyl (C=O) groups is 5. The Morgan fingerprint density at radius 1 is 1.00 bits per heavy atom. The molecular weight excluding hydrogens is 921 g/mol. The smallest absolute Gasteiger partial charge is 0.246 e. The summed E-state index contributed by atoms with van der Waals surface area (Å²) in [6.45, 7) is 10.3. The summed E-state index contributed by atoms with van der Waals surface area (Å²) < 4.78 is 57.3. The molecule has 3 atom stereocenters. The van der Waals surface area contributed by atoms with Gasteiger partial charge >= 0.3 is 0 Å². The normalized spacial score (nSPS) is 17.0. The van der Waals surface area contributed by atoms with Crippen LogP contribution in [0.2, 0.25) is 0 Å². The zero-order valence-corrected chi connectivity index (χ0v) is 40.0. The minimum atomic E-state index is -3.94. The SMILES string of the molecule is CCCS(=O)(=O)Nc1ccc(F)c(C(=O)c2c[nH]c3ncc(N4CCN(C(=O)CCC(=O)N[C@H](C(=O)N5C[C@H](O)C[C@H]5C(=O)NCc5ccc(-c6scnc6C)cc5)C(C)(C)C)CC4)cc23)c1F. The average molecular weight is 976 g/mol.